The maximum Gasteiger partial charge on any atom is 0.270 e. The molecule has 0 aliphatic carbocycles. The molecule has 0 aromatic heterocycles. The van der Waals surface area contributed by atoms with Gasteiger partial charge in [-0.15, -0.1) is 0 Å². The average Bonchev–Trinajstić information content (AvgIpc) is 2.38. The maximum atomic E-state index is 11.3. The number of rotatable bonds is 7. The van der Waals surface area contributed by atoms with E-state index in [9.17, 15) is 14.9 Å². The first-order valence-corrected chi connectivity index (χ1v) is 6.32. The smallest absolute Gasteiger partial charge is 0.270 e. The number of amides is 1. The molecule has 0 spiro atoms. The van der Waals surface area contributed by atoms with Gasteiger partial charge in [-0.3, -0.25) is 14.9 Å². The molecule has 0 radical (unpaired) electrons. The molecule has 0 aliphatic rings. The highest BCUT2D eigenvalue weighted by Gasteiger charge is 2.09. The van der Waals surface area contributed by atoms with Gasteiger partial charge in [-0.05, 0) is 18.1 Å². The molecule has 0 saturated carbocycles. The Kier molecular flexibility index (Phi) is 6.24. The highest BCUT2D eigenvalue weighted by molar-refractivity contribution is 6.31. The van der Waals surface area contributed by atoms with Gasteiger partial charge >= 0.3 is 0 Å². The zero-order valence-electron chi connectivity index (χ0n) is 10.6. The van der Waals surface area contributed by atoms with Gasteiger partial charge in [-0.25, -0.2) is 0 Å². The molecule has 7 heteroatoms. The number of nitrogens with zero attached hydrogens (tertiary/aromatic N) is 1. The quantitative estimate of drug-likeness (QED) is 0.591. The van der Waals surface area contributed by atoms with Gasteiger partial charge in [0.05, 0.1) is 16.5 Å². The molecule has 0 atom stereocenters. The Morgan fingerprint density at radius 3 is 2.79 bits per heavy atom. The monoisotopic (exact) mass is 285 g/mol. The number of non-ortho nitro benzene ring substituents is 1. The number of benzene rings is 1. The first-order chi connectivity index (χ1) is 9.04. The third kappa shape index (κ3) is 5.23. The molecule has 2 N–H and O–H groups in total. The van der Waals surface area contributed by atoms with E-state index in [0.717, 1.165) is 12.0 Å². The molecule has 1 aromatic carbocycles. The number of halogens is 1. The third-order valence-corrected chi connectivity index (χ3v) is 2.77. The Morgan fingerprint density at radius 1 is 1.47 bits per heavy atom. The van der Waals surface area contributed by atoms with Crippen LogP contribution in [0, 0.1) is 10.1 Å². The molecule has 0 bridgehead atoms. The Bertz CT molecular complexity index is 466. The van der Waals surface area contributed by atoms with E-state index in [1.807, 2.05) is 6.92 Å². The van der Waals surface area contributed by atoms with Crippen LogP contribution in [-0.4, -0.2) is 23.9 Å². The van der Waals surface area contributed by atoms with Gasteiger partial charge in [0.15, 0.2) is 0 Å². The van der Waals surface area contributed by atoms with Crippen LogP contribution in [0.15, 0.2) is 18.2 Å². The fourth-order valence-corrected chi connectivity index (χ4v) is 1.67. The Hall–Kier alpha value is -1.66. The van der Waals surface area contributed by atoms with Crippen molar-refractivity contribution < 1.29 is 9.72 Å². The van der Waals surface area contributed by atoms with Gasteiger partial charge in [-0.1, -0.05) is 18.5 Å². The number of nitro benzene ring substituents is 1. The lowest BCUT2D eigenvalue weighted by Gasteiger charge is -2.07. The van der Waals surface area contributed by atoms with Crippen molar-refractivity contribution in [2.45, 2.75) is 19.9 Å². The number of hydrogen-bond acceptors (Lipinski definition) is 4. The largest absolute Gasteiger partial charge is 0.355 e. The molecule has 19 heavy (non-hydrogen) atoms. The van der Waals surface area contributed by atoms with Gasteiger partial charge < -0.3 is 10.6 Å². The van der Waals surface area contributed by atoms with Gasteiger partial charge in [-0.2, -0.15) is 0 Å². The molecule has 1 rings (SSSR count). The van der Waals surface area contributed by atoms with Crippen molar-refractivity contribution in [2.75, 3.05) is 13.1 Å². The molecule has 0 unspecified atom stereocenters. The summed E-state index contributed by atoms with van der Waals surface area (Å²) in [6.45, 7) is 3.20. The van der Waals surface area contributed by atoms with Crippen molar-refractivity contribution in [1.82, 2.24) is 10.6 Å². The predicted molar refractivity (Wildman–Crippen MR) is 73.1 cm³/mol. The molecule has 0 saturated heterocycles. The number of carbonyl (C=O) groups excluding carboxylic acids is 1. The zero-order chi connectivity index (χ0) is 14.3. The Morgan fingerprint density at radius 2 is 2.21 bits per heavy atom. The van der Waals surface area contributed by atoms with Crippen molar-refractivity contribution >= 4 is 23.2 Å². The molecule has 0 heterocycles. The van der Waals surface area contributed by atoms with E-state index in [2.05, 4.69) is 10.6 Å². The lowest BCUT2D eigenvalue weighted by Crippen LogP contribution is -2.33. The van der Waals surface area contributed by atoms with Crippen LogP contribution in [0.3, 0.4) is 0 Å². The van der Waals surface area contributed by atoms with Crippen molar-refractivity contribution in [3.63, 3.8) is 0 Å². The fraction of sp³-hybridized carbons (Fsp3) is 0.417. The van der Waals surface area contributed by atoms with E-state index in [0.29, 0.717) is 18.1 Å². The molecule has 0 aliphatic heterocycles. The van der Waals surface area contributed by atoms with Crippen LogP contribution >= 0.6 is 11.6 Å². The predicted octanol–water partition coefficient (Wildman–Crippen LogP) is 1.86. The summed E-state index contributed by atoms with van der Waals surface area (Å²) in [7, 11) is 0. The minimum atomic E-state index is -0.499. The lowest BCUT2D eigenvalue weighted by molar-refractivity contribution is -0.384. The number of nitrogens with one attached hydrogen (secondary N) is 2. The molecular formula is C12H16ClN3O3. The molecular weight excluding hydrogens is 270 g/mol. The van der Waals surface area contributed by atoms with E-state index in [-0.39, 0.29) is 18.1 Å². The van der Waals surface area contributed by atoms with E-state index < -0.39 is 4.92 Å². The summed E-state index contributed by atoms with van der Waals surface area (Å²) in [5.74, 6) is -0.0834. The van der Waals surface area contributed by atoms with Crippen LogP contribution in [0.5, 0.6) is 0 Å². The third-order valence-electron chi connectivity index (χ3n) is 2.42. The van der Waals surface area contributed by atoms with E-state index in [4.69, 9.17) is 11.6 Å². The summed E-state index contributed by atoms with van der Waals surface area (Å²) >= 11 is 5.93. The van der Waals surface area contributed by atoms with E-state index in [1.54, 1.807) is 6.07 Å². The summed E-state index contributed by atoms with van der Waals surface area (Å²) in [4.78, 5) is 21.4. The van der Waals surface area contributed by atoms with E-state index in [1.165, 1.54) is 12.1 Å². The number of carbonyl (C=O) groups is 1. The molecule has 104 valence electrons. The molecule has 0 fully saturated rings. The average molecular weight is 286 g/mol. The summed E-state index contributed by atoms with van der Waals surface area (Å²) in [5, 5.41) is 16.5. The zero-order valence-corrected chi connectivity index (χ0v) is 11.4. The van der Waals surface area contributed by atoms with Gasteiger partial charge in [0.2, 0.25) is 5.91 Å². The van der Waals surface area contributed by atoms with Crippen LogP contribution < -0.4 is 10.6 Å². The highest BCUT2D eigenvalue weighted by Crippen LogP contribution is 2.22. The SMILES string of the molecule is CCCNC(=O)CNCc1ccc([N+](=O)[O-])cc1Cl. The number of hydrogen-bond donors (Lipinski definition) is 2. The second-order valence-electron chi connectivity index (χ2n) is 3.99. The highest BCUT2D eigenvalue weighted by atomic mass is 35.5. The van der Waals surface area contributed by atoms with Gasteiger partial charge in [0, 0.05) is 25.2 Å². The van der Waals surface area contributed by atoms with Gasteiger partial charge in [0.1, 0.15) is 0 Å². The van der Waals surface area contributed by atoms with Crippen molar-refractivity contribution in [3.8, 4) is 0 Å². The second-order valence-corrected chi connectivity index (χ2v) is 4.39. The lowest BCUT2D eigenvalue weighted by atomic mass is 10.2. The van der Waals surface area contributed by atoms with Crippen molar-refractivity contribution in [2.24, 2.45) is 0 Å². The van der Waals surface area contributed by atoms with Crippen LogP contribution in [0.4, 0.5) is 5.69 Å². The summed E-state index contributed by atoms with van der Waals surface area (Å²) in [6, 6.07) is 4.27. The topological polar surface area (TPSA) is 84.3 Å². The normalized spacial score (nSPS) is 10.2. The first kappa shape index (κ1) is 15.4. The number of nitro groups is 1. The standard InChI is InChI=1S/C12H16ClN3O3/c1-2-5-15-12(17)8-14-7-9-3-4-10(16(18)19)6-11(9)13/h3-4,6,14H,2,5,7-8H2,1H3,(H,15,17). The maximum absolute atomic E-state index is 11.3. The van der Waals surface area contributed by atoms with Crippen molar-refractivity contribution in [3.05, 3.63) is 38.9 Å². The Labute approximate surface area is 116 Å². The van der Waals surface area contributed by atoms with Gasteiger partial charge in [0.25, 0.3) is 5.69 Å². The minimum absolute atomic E-state index is 0.0468. The summed E-state index contributed by atoms with van der Waals surface area (Å²) in [5.41, 5.74) is 0.671. The second kappa shape index (κ2) is 7.70. The summed E-state index contributed by atoms with van der Waals surface area (Å²) < 4.78 is 0. The van der Waals surface area contributed by atoms with Crippen molar-refractivity contribution in [1.29, 1.82) is 0 Å². The van der Waals surface area contributed by atoms with Crippen LogP contribution in [0.2, 0.25) is 5.02 Å². The fourth-order valence-electron chi connectivity index (χ4n) is 1.43. The first-order valence-electron chi connectivity index (χ1n) is 5.94. The molecule has 1 amide bonds. The van der Waals surface area contributed by atoms with Crippen LogP contribution in [0.1, 0.15) is 18.9 Å². The van der Waals surface area contributed by atoms with Crippen LogP contribution in [-0.2, 0) is 11.3 Å². The molecule has 6 nitrogen and oxygen atoms in total. The van der Waals surface area contributed by atoms with E-state index >= 15 is 0 Å². The Balaban J connectivity index is 2.45. The molecule has 1 aromatic rings. The summed E-state index contributed by atoms with van der Waals surface area (Å²) in [6.07, 6.45) is 0.889. The van der Waals surface area contributed by atoms with Crippen LogP contribution in [0.25, 0.3) is 0 Å². The minimum Gasteiger partial charge on any atom is -0.355 e.